The van der Waals surface area contributed by atoms with Gasteiger partial charge in [-0.25, -0.2) is 14.2 Å². The van der Waals surface area contributed by atoms with Gasteiger partial charge in [-0.1, -0.05) is 20.8 Å². The van der Waals surface area contributed by atoms with Gasteiger partial charge in [0.05, 0.1) is 11.2 Å². The zero-order valence-corrected chi connectivity index (χ0v) is 21.1. The molecule has 3 amide bonds. The van der Waals surface area contributed by atoms with E-state index in [1.54, 1.807) is 18.3 Å². The van der Waals surface area contributed by atoms with Crippen molar-refractivity contribution in [3.8, 4) is 11.1 Å². The lowest BCUT2D eigenvalue weighted by Gasteiger charge is -2.18. The van der Waals surface area contributed by atoms with E-state index in [4.69, 9.17) is 0 Å². The number of aromatic nitrogens is 2. The van der Waals surface area contributed by atoms with Crippen LogP contribution in [0.5, 0.6) is 0 Å². The first kappa shape index (κ1) is 27.0. The zero-order valence-electron chi connectivity index (χ0n) is 20.3. The third-order valence-electron chi connectivity index (χ3n) is 5.21. The second-order valence-electron chi connectivity index (χ2n) is 9.40. The van der Waals surface area contributed by atoms with E-state index in [-0.39, 0.29) is 29.4 Å². The summed E-state index contributed by atoms with van der Waals surface area (Å²) in [6.45, 7) is 11.9. The van der Waals surface area contributed by atoms with Crippen LogP contribution in [0, 0.1) is 25.1 Å². The molecule has 34 heavy (non-hydrogen) atoms. The summed E-state index contributed by atoms with van der Waals surface area (Å²) in [5.41, 5.74) is 3.91. The highest BCUT2D eigenvalue weighted by molar-refractivity contribution is 5.93. The predicted molar refractivity (Wildman–Crippen MR) is 137 cm³/mol. The van der Waals surface area contributed by atoms with Gasteiger partial charge in [0, 0.05) is 42.4 Å². The number of pyridine rings is 2. The smallest absolute Gasteiger partial charge is 0.319 e. The van der Waals surface area contributed by atoms with Crippen molar-refractivity contribution in [2.24, 2.45) is 5.41 Å². The minimum absolute atomic E-state index is 0. The van der Waals surface area contributed by atoms with Crippen molar-refractivity contribution in [3.63, 3.8) is 0 Å². The van der Waals surface area contributed by atoms with Crippen LogP contribution in [-0.2, 0) is 4.79 Å². The first-order valence-corrected chi connectivity index (χ1v) is 10.8. The Morgan fingerprint density at radius 3 is 2.38 bits per heavy atom. The van der Waals surface area contributed by atoms with Crippen molar-refractivity contribution in [2.45, 2.75) is 48.0 Å². The first-order valence-electron chi connectivity index (χ1n) is 10.8. The van der Waals surface area contributed by atoms with Crippen LogP contribution in [0.1, 0.15) is 45.4 Å². The van der Waals surface area contributed by atoms with Crippen LogP contribution in [0.15, 0.2) is 30.5 Å². The fourth-order valence-electron chi connectivity index (χ4n) is 3.46. The molecule has 0 bridgehead atoms. The topological polar surface area (TPSA) is 96.0 Å². The number of nitrogens with zero attached hydrogens (tertiary/aromatic N) is 2. The quantitative estimate of drug-likeness (QED) is 0.411. The van der Waals surface area contributed by atoms with E-state index in [9.17, 15) is 14.0 Å². The molecule has 0 spiro atoms. The summed E-state index contributed by atoms with van der Waals surface area (Å²) >= 11 is 0. The Balaban J connectivity index is 0.00000408. The van der Waals surface area contributed by atoms with Gasteiger partial charge in [-0.3, -0.25) is 9.78 Å². The minimum atomic E-state index is -0.504. The molecule has 0 saturated carbocycles. The Morgan fingerprint density at radius 1 is 1.03 bits per heavy atom. The van der Waals surface area contributed by atoms with Gasteiger partial charge in [0.15, 0.2) is 0 Å². The van der Waals surface area contributed by atoms with Crippen LogP contribution in [0.4, 0.5) is 20.7 Å². The van der Waals surface area contributed by atoms with Crippen LogP contribution < -0.4 is 16.0 Å². The minimum Gasteiger partial charge on any atom is -0.338 e. The van der Waals surface area contributed by atoms with Gasteiger partial charge in [0.25, 0.3) is 0 Å². The summed E-state index contributed by atoms with van der Waals surface area (Å²) in [5, 5.41) is 8.82. The highest BCUT2D eigenvalue weighted by atomic mass is 35.5. The maximum Gasteiger partial charge on any atom is 0.319 e. The molecule has 182 valence electrons. The molecule has 3 aromatic rings. The molecule has 0 fully saturated rings. The van der Waals surface area contributed by atoms with Crippen molar-refractivity contribution in [3.05, 3.63) is 47.5 Å². The molecule has 0 saturated heterocycles. The van der Waals surface area contributed by atoms with Gasteiger partial charge in [-0.15, -0.1) is 12.4 Å². The number of carbonyl (C=O) groups excluding carboxylic acids is 2. The van der Waals surface area contributed by atoms with Gasteiger partial charge in [-0.2, -0.15) is 0 Å². The number of hydrogen-bond acceptors (Lipinski definition) is 4. The number of anilines is 2. The van der Waals surface area contributed by atoms with Crippen LogP contribution in [0.25, 0.3) is 22.0 Å². The van der Waals surface area contributed by atoms with Gasteiger partial charge in [0.1, 0.15) is 11.6 Å². The number of rotatable bonds is 5. The fourth-order valence-corrected chi connectivity index (χ4v) is 3.46. The Hall–Kier alpha value is -3.26. The fraction of sp³-hybridized carbons (Fsp3) is 0.360. The Kier molecular flexibility index (Phi) is 8.56. The molecule has 2 heterocycles. The van der Waals surface area contributed by atoms with Crippen molar-refractivity contribution in [2.75, 3.05) is 17.2 Å². The van der Waals surface area contributed by atoms with Gasteiger partial charge in [-0.05, 0) is 55.0 Å². The van der Waals surface area contributed by atoms with E-state index >= 15 is 0 Å². The lowest BCUT2D eigenvalue weighted by molar-refractivity contribution is -0.114. The van der Waals surface area contributed by atoms with E-state index in [2.05, 4.69) is 46.7 Å². The largest absolute Gasteiger partial charge is 0.338 e. The summed E-state index contributed by atoms with van der Waals surface area (Å²) in [4.78, 5) is 32.5. The van der Waals surface area contributed by atoms with Crippen LogP contribution in [-0.4, -0.2) is 28.5 Å². The normalized spacial score (nSPS) is 11.0. The molecule has 2 aromatic heterocycles. The molecule has 9 heteroatoms. The second kappa shape index (κ2) is 10.8. The van der Waals surface area contributed by atoms with Crippen LogP contribution in [0.2, 0.25) is 0 Å². The number of carbonyl (C=O) groups is 2. The molecule has 0 aliphatic heterocycles. The average molecular weight is 488 g/mol. The van der Waals surface area contributed by atoms with Gasteiger partial charge in [0.2, 0.25) is 5.91 Å². The van der Waals surface area contributed by atoms with Crippen LogP contribution >= 0.6 is 12.4 Å². The number of hydrogen-bond donors (Lipinski definition) is 3. The average Bonchev–Trinajstić information content (AvgIpc) is 2.68. The van der Waals surface area contributed by atoms with Crippen molar-refractivity contribution in [1.82, 2.24) is 15.3 Å². The lowest BCUT2D eigenvalue weighted by atomic mass is 9.92. The number of nitrogens with one attached hydrogen (secondary N) is 3. The lowest BCUT2D eigenvalue weighted by Crippen LogP contribution is -2.31. The van der Waals surface area contributed by atoms with Crippen molar-refractivity contribution < 1.29 is 14.0 Å². The Labute approximate surface area is 205 Å². The highest BCUT2D eigenvalue weighted by Crippen LogP contribution is 2.32. The molecular formula is C25H31ClFN5O2. The molecule has 7 nitrogen and oxygen atoms in total. The molecule has 0 aliphatic rings. The summed E-state index contributed by atoms with van der Waals surface area (Å²) < 4.78 is 14.6. The third kappa shape index (κ3) is 6.87. The van der Waals surface area contributed by atoms with Crippen molar-refractivity contribution >= 4 is 46.8 Å². The number of aryl methyl sites for hydroxylation is 2. The molecule has 0 radical (unpaired) electrons. The monoisotopic (exact) mass is 487 g/mol. The molecule has 0 unspecified atom stereocenters. The molecular weight excluding hydrogens is 457 g/mol. The number of halogens is 2. The predicted octanol–water partition coefficient (Wildman–Crippen LogP) is 5.99. The van der Waals surface area contributed by atoms with E-state index in [1.807, 2.05) is 19.9 Å². The molecule has 3 rings (SSSR count). The number of amides is 3. The molecule has 1 aromatic carbocycles. The maximum atomic E-state index is 14.6. The van der Waals surface area contributed by atoms with E-state index < -0.39 is 11.8 Å². The number of benzene rings is 1. The van der Waals surface area contributed by atoms with E-state index in [0.29, 0.717) is 17.9 Å². The van der Waals surface area contributed by atoms with E-state index in [1.165, 1.54) is 13.0 Å². The zero-order chi connectivity index (χ0) is 24.3. The number of fused-ring (bicyclic) bond motifs is 1. The molecule has 3 N–H and O–H groups in total. The summed E-state index contributed by atoms with van der Waals surface area (Å²) in [7, 11) is 0. The summed E-state index contributed by atoms with van der Waals surface area (Å²) in [6.07, 6.45) is 2.44. The maximum absolute atomic E-state index is 14.6. The highest BCUT2D eigenvalue weighted by Gasteiger charge is 2.16. The SMILES string of the molecule is CC(=O)Nc1cc2nc(C)c(-c3cc(NC(=O)NCCC(C)(C)C)c(F)cc3C)cc2cn1.Cl. The van der Waals surface area contributed by atoms with Crippen LogP contribution in [0.3, 0.4) is 0 Å². The summed E-state index contributed by atoms with van der Waals surface area (Å²) in [6, 6.07) is 6.22. The van der Waals surface area contributed by atoms with Gasteiger partial charge < -0.3 is 16.0 Å². The van der Waals surface area contributed by atoms with E-state index in [0.717, 1.165) is 34.2 Å². The Morgan fingerprint density at radius 2 is 1.74 bits per heavy atom. The second-order valence-corrected chi connectivity index (χ2v) is 9.40. The third-order valence-corrected chi connectivity index (χ3v) is 5.21. The number of urea groups is 1. The standard InChI is InChI=1S/C25H30FN5O2.ClH/c1-14-9-20(26)22(31-24(33)27-8-7-25(4,5)6)11-18(14)19-10-17-13-28-23(30-16(3)32)12-21(17)29-15(19)2;/h9-13H,7-8H2,1-6H3,(H2,27,31,33)(H,28,30,32);1H. The van der Waals surface area contributed by atoms with Gasteiger partial charge >= 0.3 is 6.03 Å². The molecule has 0 aliphatic carbocycles. The molecule has 0 atom stereocenters. The van der Waals surface area contributed by atoms with Crippen molar-refractivity contribution in [1.29, 1.82) is 0 Å². The summed E-state index contributed by atoms with van der Waals surface area (Å²) in [5.74, 6) is -0.286. The first-order chi connectivity index (χ1) is 15.4. The Bertz CT molecular complexity index is 1220.